The Kier molecular flexibility index (Phi) is 4.47. The molecule has 0 aromatic heterocycles. The lowest BCUT2D eigenvalue weighted by molar-refractivity contribution is 0.396. The lowest BCUT2D eigenvalue weighted by Gasteiger charge is -2.11. The van der Waals surface area contributed by atoms with Gasteiger partial charge < -0.3 is 15.2 Å². The largest absolute Gasteiger partial charge is 0.496 e. The molecule has 0 heterocycles. The van der Waals surface area contributed by atoms with Crippen molar-refractivity contribution in [2.75, 3.05) is 20.8 Å². The first kappa shape index (κ1) is 11.6. The molecule has 0 radical (unpaired) electrons. The Labute approximate surface area is 97.7 Å². The molecule has 2 N–H and O–H groups in total. The van der Waals surface area contributed by atoms with Crippen LogP contribution < -0.4 is 15.2 Å². The molecule has 0 aliphatic carbocycles. The third-order valence-corrected chi connectivity index (χ3v) is 2.81. The summed E-state index contributed by atoms with van der Waals surface area (Å²) in [6.45, 7) is 0.611. The number of halogens is 1. The molecular formula is C10H14INO2. The van der Waals surface area contributed by atoms with Crippen LogP contribution in [0.5, 0.6) is 11.5 Å². The van der Waals surface area contributed by atoms with E-state index >= 15 is 0 Å². The number of rotatable bonds is 4. The van der Waals surface area contributed by atoms with E-state index in [0.29, 0.717) is 6.54 Å². The van der Waals surface area contributed by atoms with Gasteiger partial charge >= 0.3 is 0 Å². The third-order valence-electron chi connectivity index (χ3n) is 1.97. The Hall–Kier alpha value is -0.490. The van der Waals surface area contributed by atoms with Gasteiger partial charge in [0.1, 0.15) is 11.5 Å². The Morgan fingerprint density at radius 3 is 2.36 bits per heavy atom. The van der Waals surface area contributed by atoms with E-state index in [-0.39, 0.29) is 0 Å². The quantitative estimate of drug-likeness (QED) is 0.863. The number of nitrogens with two attached hydrogens (primary N) is 1. The van der Waals surface area contributed by atoms with Crippen molar-refractivity contribution < 1.29 is 9.47 Å². The van der Waals surface area contributed by atoms with Gasteiger partial charge in [-0.3, -0.25) is 0 Å². The van der Waals surface area contributed by atoms with Gasteiger partial charge in [0.15, 0.2) is 0 Å². The molecule has 0 bridgehead atoms. The van der Waals surface area contributed by atoms with Crippen molar-refractivity contribution in [3.8, 4) is 11.5 Å². The summed E-state index contributed by atoms with van der Waals surface area (Å²) in [5.74, 6) is 1.75. The number of hydrogen-bond acceptors (Lipinski definition) is 3. The molecule has 14 heavy (non-hydrogen) atoms. The van der Waals surface area contributed by atoms with Crippen molar-refractivity contribution in [2.24, 2.45) is 5.73 Å². The minimum absolute atomic E-state index is 0.611. The number of hydrogen-bond donors (Lipinski definition) is 1. The fourth-order valence-electron chi connectivity index (χ4n) is 1.27. The van der Waals surface area contributed by atoms with Crippen molar-refractivity contribution in [3.63, 3.8) is 0 Å². The van der Waals surface area contributed by atoms with Crippen LogP contribution in [-0.4, -0.2) is 20.8 Å². The molecular weight excluding hydrogens is 294 g/mol. The van der Waals surface area contributed by atoms with Gasteiger partial charge in [0.05, 0.1) is 17.8 Å². The highest BCUT2D eigenvalue weighted by molar-refractivity contribution is 14.1. The van der Waals surface area contributed by atoms with Crippen LogP contribution in [0, 0.1) is 3.57 Å². The van der Waals surface area contributed by atoms with E-state index in [4.69, 9.17) is 15.2 Å². The first-order valence-electron chi connectivity index (χ1n) is 4.33. The molecule has 3 nitrogen and oxygen atoms in total. The molecule has 0 atom stereocenters. The van der Waals surface area contributed by atoms with Crippen LogP contribution in [-0.2, 0) is 6.42 Å². The van der Waals surface area contributed by atoms with E-state index in [1.165, 1.54) is 0 Å². The fraction of sp³-hybridized carbons (Fsp3) is 0.400. The lowest BCUT2D eigenvalue weighted by atomic mass is 10.2. The second-order valence-corrected chi connectivity index (χ2v) is 4.00. The van der Waals surface area contributed by atoms with Crippen molar-refractivity contribution in [1.29, 1.82) is 0 Å². The summed E-state index contributed by atoms with van der Waals surface area (Å²) in [6.07, 6.45) is 0.802. The summed E-state index contributed by atoms with van der Waals surface area (Å²) in [6, 6.07) is 3.94. The average Bonchev–Trinajstić information content (AvgIpc) is 2.20. The van der Waals surface area contributed by atoms with Gasteiger partial charge in [0.25, 0.3) is 0 Å². The number of benzene rings is 1. The van der Waals surface area contributed by atoms with Crippen LogP contribution in [0.1, 0.15) is 5.56 Å². The molecule has 1 aromatic rings. The highest BCUT2D eigenvalue weighted by Crippen LogP contribution is 2.29. The predicted molar refractivity (Wildman–Crippen MR) is 65.0 cm³/mol. The highest BCUT2D eigenvalue weighted by atomic mass is 127. The van der Waals surface area contributed by atoms with E-state index in [1.807, 2.05) is 12.1 Å². The first-order chi connectivity index (χ1) is 6.72. The van der Waals surface area contributed by atoms with E-state index in [1.54, 1.807) is 14.2 Å². The van der Waals surface area contributed by atoms with E-state index in [2.05, 4.69) is 22.6 Å². The van der Waals surface area contributed by atoms with Gasteiger partial charge in [0, 0.05) is 0 Å². The topological polar surface area (TPSA) is 44.5 Å². The second kappa shape index (κ2) is 5.41. The predicted octanol–water partition coefficient (Wildman–Crippen LogP) is 1.81. The Morgan fingerprint density at radius 2 is 1.86 bits per heavy atom. The van der Waals surface area contributed by atoms with Crippen LogP contribution in [0.15, 0.2) is 12.1 Å². The minimum Gasteiger partial charge on any atom is -0.496 e. The van der Waals surface area contributed by atoms with Gasteiger partial charge in [-0.2, -0.15) is 0 Å². The smallest absolute Gasteiger partial charge is 0.132 e. The zero-order valence-corrected chi connectivity index (χ0v) is 10.5. The summed E-state index contributed by atoms with van der Waals surface area (Å²) < 4.78 is 11.5. The molecule has 0 aliphatic heterocycles. The Bertz CT molecular complexity index is 315. The summed E-state index contributed by atoms with van der Waals surface area (Å²) in [5, 5.41) is 0. The van der Waals surface area contributed by atoms with E-state index < -0.39 is 0 Å². The molecule has 0 unspecified atom stereocenters. The molecule has 0 fully saturated rings. The first-order valence-corrected chi connectivity index (χ1v) is 5.41. The average molecular weight is 308 g/mol. The number of methoxy groups -OCH3 is 2. The Morgan fingerprint density at radius 1 is 1.21 bits per heavy atom. The molecule has 4 heteroatoms. The monoisotopic (exact) mass is 308 g/mol. The van der Waals surface area contributed by atoms with Crippen LogP contribution in [0.4, 0.5) is 0 Å². The molecule has 1 aromatic carbocycles. The molecule has 0 saturated carbocycles. The summed E-state index contributed by atoms with van der Waals surface area (Å²) >= 11 is 2.22. The zero-order valence-electron chi connectivity index (χ0n) is 8.34. The standard InChI is InChI=1S/C10H14INO2/c1-13-9-6-8(11)10(14-2)5-7(9)3-4-12/h5-6H,3-4,12H2,1-2H3/i5+1. The van der Waals surface area contributed by atoms with Crippen LogP contribution in [0.2, 0.25) is 0 Å². The Balaban J connectivity index is 3.11. The normalized spacial score (nSPS) is 10.0. The van der Waals surface area contributed by atoms with Gasteiger partial charge in [-0.05, 0) is 53.3 Å². The maximum absolute atomic E-state index is 5.52. The SMILES string of the molecule is COc1cc(I)c(OC)[13cH]c1CCN. The molecule has 0 amide bonds. The molecule has 0 spiro atoms. The summed E-state index contributed by atoms with van der Waals surface area (Å²) in [7, 11) is 3.33. The summed E-state index contributed by atoms with van der Waals surface area (Å²) in [5.41, 5.74) is 6.61. The second-order valence-electron chi connectivity index (χ2n) is 2.84. The van der Waals surface area contributed by atoms with Gasteiger partial charge in [-0.15, -0.1) is 0 Å². The lowest BCUT2D eigenvalue weighted by Crippen LogP contribution is -2.05. The maximum atomic E-state index is 5.52. The molecule has 78 valence electrons. The molecule has 1 rings (SSSR count). The van der Waals surface area contributed by atoms with Gasteiger partial charge in [-0.1, -0.05) is 0 Å². The maximum Gasteiger partial charge on any atom is 0.132 e. The van der Waals surface area contributed by atoms with Gasteiger partial charge in [0.2, 0.25) is 0 Å². The van der Waals surface area contributed by atoms with Crippen molar-refractivity contribution in [1.82, 2.24) is 0 Å². The van der Waals surface area contributed by atoms with Crippen molar-refractivity contribution >= 4 is 22.6 Å². The zero-order chi connectivity index (χ0) is 10.6. The third kappa shape index (κ3) is 2.51. The van der Waals surface area contributed by atoms with Crippen LogP contribution in [0.3, 0.4) is 0 Å². The molecule has 0 saturated heterocycles. The fourth-order valence-corrected chi connectivity index (χ4v) is 1.93. The van der Waals surface area contributed by atoms with Gasteiger partial charge in [-0.25, -0.2) is 0 Å². The highest BCUT2D eigenvalue weighted by Gasteiger charge is 2.08. The number of ether oxygens (including phenoxy) is 2. The minimum atomic E-state index is 0.611. The molecule has 0 aliphatic rings. The van der Waals surface area contributed by atoms with E-state index in [0.717, 1.165) is 27.1 Å². The summed E-state index contributed by atoms with van der Waals surface area (Å²) in [4.78, 5) is 0. The van der Waals surface area contributed by atoms with E-state index in [9.17, 15) is 0 Å². The van der Waals surface area contributed by atoms with Crippen LogP contribution >= 0.6 is 22.6 Å². The van der Waals surface area contributed by atoms with Crippen molar-refractivity contribution in [2.45, 2.75) is 6.42 Å². The van der Waals surface area contributed by atoms with Crippen molar-refractivity contribution in [3.05, 3.63) is 21.3 Å². The van der Waals surface area contributed by atoms with Crippen LogP contribution in [0.25, 0.3) is 0 Å².